The van der Waals surface area contributed by atoms with Gasteiger partial charge in [0.1, 0.15) is 11.4 Å². The average Bonchev–Trinajstić information content (AvgIpc) is 2.71. The lowest BCUT2D eigenvalue weighted by atomic mass is 9.91. The maximum Gasteiger partial charge on any atom is 0.407 e. The summed E-state index contributed by atoms with van der Waals surface area (Å²) in [6, 6.07) is 13.4. The van der Waals surface area contributed by atoms with E-state index in [1.54, 1.807) is 0 Å². The first-order valence-corrected chi connectivity index (χ1v) is 10.9. The smallest absolute Gasteiger partial charge is 0.407 e. The third kappa shape index (κ3) is 6.96. The van der Waals surface area contributed by atoms with Crippen LogP contribution in [0.25, 0.3) is 0 Å². The Bertz CT molecular complexity index is 872. The molecule has 2 aromatic carbocycles. The molecule has 0 spiro atoms. The molecule has 1 fully saturated rings. The van der Waals surface area contributed by atoms with E-state index in [9.17, 15) is 4.79 Å². The molecule has 5 nitrogen and oxygen atoms in total. The fraction of sp³-hybridized carbons (Fsp3) is 0.480. The first kappa shape index (κ1) is 23.1. The molecule has 1 amide bonds. The zero-order chi connectivity index (χ0) is 22.4. The van der Waals surface area contributed by atoms with E-state index in [0.717, 1.165) is 31.2 Å². The molecule has 0 heterocycles. The van der Waals surface area contributed by atoms with Crippen molar-refractivity contribution >= 4 is 6.09 Å². The van der Waals surface area contributed by atoms with Gasteiger partial charge in [0, 0.05) is 24.2 Å². The van der Waals surface area contributed by atoms with E-state index in [2.05, 4.69) is 10.6 Å². The van der Waals surface area contributed by atoms with E-state index in [4.69, 9.17) is 9.47 Å². The van der Waals surface area contributed by atoms with Crippen LogP contribution >= 0.6 is 0 Å². The number of amides is 1. The summed E-state index contributed by atoms with van der Waals surface area (Å²) in [5, 5.41) is 6.41. The minimum atomic E-state index is -0.496. The number of aryl methyl sites for hydroxylation is 1. The highest BCUT2D eigenvalue weighted by Crippen LogP contribution is 2.30. The van der Waals surface area contributed by atoms with Crippen molar-refractivity contribution < 1.29 is 18.7 Å². The summed E-state index contributed by atoms with van der Waals surface area (Å²) in [6.07, 6.45) is 3.21. The first-order valence-electron chi connectivity index (χ1n) is 10.9. The molecule has 3 rings (SSSR count). The number of nitrogens with one attached hydrogen (secondary N) is 2. The van der Waals surface area contributed by atoms with E-state index in [1.807, 2.05) is 70.2 Å². The van der Waals surface area contributed by atoms with Crippen LogP contribution in [0, 0.1) is 12.7 Å². The van der Waals surface area contributed by atoms with Gasteiger partial charge in [-0.25, -0.2) is 9.18 Å². The van der Waals surface area contributed by atoms with Crippen molar-refractivity contribution in [1.82, 2.24) is 10.6 Å². The van der Waals surface area contributed by atoms with Gasteiger partial charge in [-0.3, -0.25) is 0 Å². The number of carbonyl (C=O) groups excluding carboxylic acids is 1. The molecule has 0 aromatic heterocycles. The number of carbonyl (C=O) groups is 1. The number of halogens is 1. The van der Waals surface area contributed by atoms with Crippen molar-refractivity contribution in [2.24, 2.45) is 0 Å². The minimum absolute atomic E-state index is 0.120. The third-order valence-corrected chi connectivity index (χ3v) is 5.37. The summed E-state index contributed by atoms with van der Waals surface area (Å²) >= 11 is 0. The van der Waals surface area contributed by atoms with Crippen molar-refractivity contribution in [3.8, 4) is 11.5 Å². The highest BCUT2D eigenvalue weighted by Gasteiger charge is 2.25. The molecule has 0 radical (unpaired) electrons. The quantitative estimate of drug-likeness (QED) is 0.606. The van der Waals surface area contributed by atoms with Crippen LogP contribution in [-0.4, -0.2) is 23.8 Å². The summed E-state index contributed by atoms with van der Waals surface area (Å²) in [5.41, 5.74) is 0.855. The fourth-order valence-electron chi connectivity index (χ4n) is 3.73. The van der Waals surface area contributed by atoms with Crippen LogP contribution in [0.5, 0.6) is 11.5 Å². The summed E-state index contributed by atoms with van der Waals surface area (Å²) in [5.74, 6) is 0.567. The fourth-order valence-corrected chi connectivity index (χ4v) is 3.73. The van der Waals surface area contributed by atoms with Crippen LogP contribution in [0.15, 0.2) is 42.5 Å². The van der Waals surface area contributed by atoms with Crippen LogP contribution in [-0.2, 0) is 11.3 Å². The van der Waals surface area contributed by atoms with Gasteiger partial charge in [-0.1, -0.05) is 30.3 Å². The average molecular weight is 429 g/mol. The molecule has 168 valence electrons. The van der Waals surface area contributed by atoms with Crippen LogP contribution in [0.1, 0.15) is 57.6 Å². The normalized spacial score (nSPS) is 19.0. The SMILES string of the molecule is Cc1ccc(CNC2CCC(NC(=O)OC(C)(C)C)CC2)c(F)c1Oc1ccccc1. The Morgan fingerprint density at radius 2 is 1.68 bits per heavy atom. The lowest BCUT2D eigenvalue weighted by molar-refractivity contribution is 0.0489. The topological polar surface area (TPSA) is 59.6 Å². The number of hydrogen-bond donors (Lipinski definition) is 2. The van der Waals surface area contributed by atoms with Crippen LogP contribution in [0.2, 0.25) is 0 Å². The van der Waals surface area contributed by atoms with Crippen LogP contribution < -0.4 is 15.4 Å². The van der Waals surface area contributed by atoms with Crippen molar-refractivity contribution in [1.29, 1.82) is 0 Å². The lowest BCUT2D eigenvalue weighted by Crippen LogP contribution is -2.43. The molecular formula is C25H33FN2O3. The Balaban J connectivity index is 1.51. The molecule has 6 heteroatoms. The minimum Gasteiger partial charge on any atom is -0.454 e. The summed E-state index contributed by atoms with van der Waals surface area (Å²) < 4.78 is 26.2. The third-order valence-electron chi connectivity index (χ3n) is 5.37. The largest absolute Gasteiger partial charge is 0.454 e. The van der Waals surface area contributed by atoms with Crippen molar-refractivity contribution in [2.75, 3.05) is 0 Å². The number of alkyl carbamates (subject to hydrolysis) is 1. The molecule has 0 atom stereocenters. The second-order valence-electron chi connectivity index (χ2n) is 9.18. The van der Waals surface area contributed by atoms with Crippen molar-refractivity contribution in [3.05, 3.63) is 59.4 Å². The molecule has 31 heavy (non-hydrogen) atoms. The van der Waals surface area contributed by atoms with E-state index >= 15 is 4.39 Å². The lowest BCUT2D eigenvalue weighted by Gasteiger charge is -2.30. The molecule has 0 saturated heterocycles. The Morgan fingerprint density at radius 1 is 1.03 bits per heavy atom. The van der Waals surface area contributed by atoms with Crippen molar-refractivity contribution in [3.63, 3.8) is 0 Å². The number of rotatable bonds is 6. The molecule has 1 saturated carbocycles. The molecule has 0 unspecified atom stereocenters. The molecule has 2 N–H and O–H groups in total. The molecule has 0 bridgehead atoms. The predicted molar refractivity (Wildman–Crippen MR) is 120 cm³/mol. The predicted octanol–water partition coefficient (Wildman–Crippen LogP) is 5.85. The maximum atomic E-state index is 15.1. The summed E-state index contributed by atoms with van der Waals surface area (Å²) in [6.45, 7) is 7.85. The monoisotopic (exact) mass is 428 g/mol. The van der Waals surface area contributed by atoms with Gasteiger partial charge in [0.05, 0.1) is 0 Å². The first-order chi connectivity index (χ1) is 14.7. The van der Waals surface area contributed by atoms with Gasteiger partial charge < -0.3 is 20.1 Å². The molecule has 1 aliphatic rings. The standard InChI is InChI=1S/C25H33FN2O3/c1-17-10-11-18(22(26)23(17)30-21-8-6-5-7-9-21)16-27-19-12-14-20(15-13-19)28-24(29)31-25(2,3)4/h5-11,19-20,27H,12-16H2,1-4H3,(H,28,29). The zero-order valence-electron chi connectivity index (χ0n) is 18.8. The van der Waals surface area contributed by atoms with Crippen molar-refractivity contribution in [2.45, 2.75) is 77.6 Å². The van der Waals surface area contributed by atoms with Gasteiger partial charge in [-0.05, 0) is 71.1 Å². The van der Waals surface area contributed by atoms with Crippen LogP contribution in [0.3, 0.4) is 0 Å². The molecule has 1 aliphatic carbocycles. The van der Waals surface area contributed by atoms with E-state index in [1.165, 1.54) is 0 Å². The summed E-state index contributed by atoms with van der Waals surface area (Å²) in [7, 11) is 0. The zero-order valence-corrected chi connectivity index (χ0v) is 18.8. The number of benzene rings is 2. The van der Waals surface area contributed by atoms with Gasteiger partial charge in [0.25, 0.3) is 0 Å². The van der Waals surface area contributed by atoms with Gasteiger partial charge in [0.15, 0.2) is 11.6 Å². The van der Waals surface area contributed by atoms with Gasteiger partial charge in [-0.15, -0.1) is 0 Å². The Labute approximate surface area is 184 Å². The summed E-state index contributed by atoms with van der Waals surface area (Å²) in [4.78, 5) is 11.9. The van der Waals surface area contributed by atoms with E-state index in [0.29, 0.717) is 17.9 Å². The van der Waals surface area contributed by atoms with Gasteiger partial charge in [0.2, 0.25) is 0 Å². The number of ether oxygens (including phenoxy) is 2. The molecular weight excluding hydrogens is 395 g/mol. The highest BCUT2D eigenvalue weighted by molar-refractivity contribution is 5.68. The number of hydrogen-bond acceptors (Lipinski definition) is 4. The second-order valence-corrected chi connectivity index (χ2v) is 9.18. The van der Waals surface area contributed by atoms with E-state index in [-0.39, 0.29) is 29.7 Å². The van der Waals surface area contributed by atoms with Crippen LogP contribution in [0.4, 0.5) is 9.18 Å². The Morgan fingerprint density at radius 3 is 2.32 bits per heavy atom. The van der Waals surface area contributed by atoms with Gasteiger partial charge in [-0.2, -0.15) is 0 Å². The molecule has 0 aliphatic heterocycles. The highest BCUT2D eigenvalue weighted by atomic mass is 19.1. The molecule has 2 aromatic rings. The Kier molecular flexibility index (Phi) is 7.55. The Hall–Kier alpha value is -2.60. The van der Waals surface area contributed by atoms with E-state index < -0.39 is 5.60 Å². The van der Waals surface area contributed by atoms with Gasteiger partial charge >= 0.3 is 6.09 Å². The second kappa shape index (κ2) is 10.1. The maximum absolute atomic E-state index is 15.1. The number of para-hydroxylation sites is 1.